The summed E-state index contributed by atoms with van der Waals surface area (Å²) in [6.45, 7) is 1.74. The number of benzene rings is 2. The third kappa shape index (κ3) is 3.07. The van der Waals surface area contributed by atoms with Gasteiger partial charge in [-0.2, -0.15) is 9.97 Å². The molecule has 9 heteroatoms. The summed E-state index contributed by atoms with van der Waals surface area (Å²) >= 11 is 0. The van der Waals surface area contributed by atoms with Gasteiger partial charge in [-0.25, -0.2) is 9.18 Å². The summed E-state index contributed by atoms with van der Waals surface area (Å²) in [4.78, 5) is 24.8. The van der Waals surface area contributed by atoms with E-state index in [2.05, 4.69) is 9.97 Å². The van der Waals surface area contributed by atoms with Crippen molar-refractivity contribution in [3.05, 3.63) is 47.3 Å². The number of carbonyl (C=O) groups excluding carboxylic acids is 1. The van der Waals surface area contributed by atoms with Crippen molar-refractivity contribution in [3.63, 3.8) is 0 Å². The van der Waals surface area contributed by atoms with E-state index in [0.29, 0.717) is 23.2 Å². The lowest BCUT2D eigenvalue weighted by molar-refractivity contribution is 0.250. The zero-order valence-corrected chi connectivity index (χ0v) is 16.8. The summed E-state index contributed by atoms with van der Waals surface area (Å²) < 4.78 is 25.7. The standard InChI is InChI=1S/C21H21FN4O4/c1-4-25-19-16-15(23-20(24-19)30-3)9-13(11-27)17(22)18(16)26(21(25)28)10-12-5-7-14(29-2)8-6-12/h5-9,27H,4,10-11H2,1-3H3. The number of aliphatic hydroxyl groups is 1. The normalized spacial score (nSPS) is 13.2. The average Bonchev–Trinajstić information content (AvgIpc) is 2.77. The maximum Gasteiger partial charge on any atom is 0.330 e. The van der Waals surface area contributed by atoms with Gasteiger partial charge in [0.1, 0.15) is 5.75 Å². The quantitative estimate of drug-likeness (QED) is 0.669. The van der Waals surface area contributed by atoms with E-state index in [1.165, 1.54) is 23.0 Å². The Hall–Kier alpha value is -3.46. The number of amides is 2. The van der Waals surface area contributed by atoms with Crippen LogP contribution in [0.4, 0.5) is 20.7 Å². The molecule has 3 aromatic rings. The number of carbonyl (C=O) groups is 1. The second-order valence-electron chi connectivity index (χ2n) is 6.75. The maximum absolute atomic E-state index is 15.4. The van der Waals surface area contributed by atoms with Gasteiger partial charge >= 0.3 is 12.0 Å². The Labute approximate surface area is 172 Å². The van der Waals surface area contributed by atoms with Gasteiger partial charge in [0.15, 0.2) is 11.6 Å². The molecule has 2 aromatic carbocycles. The molecule has 0 unspecified atom stereocenters. The van der Waals surface area contributed by atoms with Crippen LogP contribution < -0.4 is 19.3 Å². The first-order chi connectivity index (χ1) is 14.5. The maximum atomic E-state index is 15.4. The van der Waals surface area contributed by atoms with Gasteiger partial charge in [0, 0.05) is 12.1 Å². The van der Waals surface area contributed by atoms with Crippen LogP contribution in [0.15, 0.2) is 30.3 Å². The second-order valence-corrected chi connectivity index (χ2v) is 6.75. The van der Waals surface area contributed by atoms with E-state index in [4.69, 9.17) is 9.47 Å². The van der Waals surface area contributed by atoms with Gasteiger partial charge in [-0.3, -0.25) is 9.80 Å². The lowest BCUT2D eigenvalue weighted by Gasteiger charge is -2.36. The lowest BCUT2D eigenvalue weighted by Crippen LogP contribution is -2.47. The molecule has 0 atom stereocenters. The van der Waals surface area contributed by atoms with E-state index in [0.717, 1.165) is 5.56 Å². The molecule has 4 rings (SSSR count). The van der Waals surface area contributed by atoms with Gasteiger partial charge in [-0.15, -0.1) is 0 Å². The van der Waals surface area contributed by atoms with Crippen molar-refractivity contribution in [3.8, 4) is 11.8 Å². The Morgan fingerprint density at radius 3 is 2.43 bits per heavy atom. The van der Waals surface area contributed by atoms with E-state index < -0.39 is 18.5 Å². The van der Waals surface area contributed by atoms with Crippen LogP contribution >= 0.6 is 0 Å². The van der Waals surface area contributed by atoms with Crippen LogP contribution in [0.5, 0.6) is 11.8 Å². The van der Waals surface area contributed by atoms with Gasteiger partial charge in [0.25, 0.3) is 0 Å². The smallest absolute Gasteiger partial charge is 0.330 e. The molecule has 1 aliphatic rings. The SMILES string of the molecule is CCN1C(=O)N(Cc2ccc(OC)cc2)c2c(F)c(CO)cc3nc(OC)nc1c23. The average molecular weight is 412 g/mol. The molecule has 2 heterocycles. The van der Waals surface area contributed by atoms with E-state index in [1.807, 2.05) is 19.1 Å². The minimum Gasteiger partial charge on any atom is -0.497 e. The van der Waals surface area contributed by atoms with Crippen LogP contribution in [-0.2, 0) is 13.2 Å². The van der Waals surface area contributed by atoms with Gasteiger partial charge < -0.3 is 14.6 Å². The van der Waals surface area contributed by atoms with E-state index >= 15 is 4.39 Å². The Morgan fingerprint density at radius 2 is 1.83 bits per heavy atom. The molecular weight excluding hydrogens is 391 g/mol. The summed E-state index contributed by atoms with van der Waals surface area (Å²) in [6.07, 6.45) is 0. The summed E-state index contributed by atoms with van der Waals surface area (Å²) in [5.74, 6) is 0.298. The molecule has 30 heavy (non-hydrogen) atoms. The number of anilines is 2. The monoisotopic (exact) mass is 412 g/mol. The van der Waals surface area contributed by atoms with Gasteiger partial charge in [0.05, 0.1) is 44.0 Å². The molecule has 1 aromatic heterocycles. The first-order valence-electron chi connectivity index (χ1n) is 9.42. The highest BCUT2D eigenvalue weighted by Gasteiger charge is 2.36. The molecule has 0 bridgehead atoms. The highest BCUT2D eigenvalue weighted by molar-refractivity contribution is 6.18. The van der Waals surface area contributed by atoms with Crippen molar-refractivity contribution in [1.82, 2.24) is 9.97 Å². The number of aromatic nitrogens is 2. The van der Waals surface area contributed by atoms with Gasteiger partial charge in [0.2, 0.25) is 0 Å². The number of urea groups is 1. The Morgan fingerprint density at radius 1 is 1.10 bits per heavy atom. The molecule has 8 nitrogen and oxygen atoms in total. The highest BCUT2D eigenvalue weighted by atomic mass is 19.1. The second kappa shape index (κ2) is 7.75. The summed E-state index contributed by atoms with van der Waals surface area (Å²) in [6, 6.07) is 8.28. The number of nitrogens with zero attached hydrogens (tertiary/aromatic N) is 4. The summed E-state index contributed by atoms with van der Waals surface area (Å²) in [7, 11) is 2.99. The Balaban J connectivity index is 1.95. The fourth-order valence-electron chi connectivity index (χ4n) is 3.60. The van der Waals surface area contributed by atoms with Gasteiger partial charge in [-0.05, 0) is 30.7 Å². The molecule has 0 spiro atoms. The third-order valence-corrected chi connectivity index (χ3v) is 5.09. The molecular formula is C21H21FN4O4. The molecule has 0 saturated heterocycles. The van der Waals surface area contributed by atoms with Crippen LogP contribution in [0, 0.1) is 5.82 Å². The largest absolute Gasteiger partial charge is 0.497 e. The van der Waals surface area contributed by atoms with E-state index in [-0.39, 0.29) is 29.6 Å². The lowest BCUT2D eigenvalue weighted by atomic mass is 10.0. The summed E-state index contributed by atoms with van der Waals surface area (Å²) in [5.41, 5.74) is 1.28. The number of aliphatic hydroxyl groups excluding tert-OH is 1. The van der Waals surface area contributed by atoms with Crippen LogP contribution in [0.3, 0.4) is 0 Å². The molecule has 1 aliphatic heterocycles. The molecule has 0 saturated carbocycles. The number of ether oxygens (including phenoxy) is 2. The molecule has 0 radical (unpaired) electrons. The highest BCUT2D eigenvalue weighted by Crippen LogP contribution is 2.43. The van der Waals surface area contributed by atoms with E-state index in [9.17, 15) is 9.90 Å². The van der Waals surface area contributed by atoms with Crippen molar-refractivity contribution >= 4 is 28.4 Å². The minimum absolute atomic E-state index is 0.0432. The minimum atomic E-state index is -0.669. The molecule has 0 aliphatic carbocycles. The van der Waals surface area contributed by atoms with Crippen molar-refractivity contribution in [2.24, 2.45) is 0 Å². The molecule has 0 fully saturated rings. The molecule has 2 amide bonds. The number of methoxy groups -OCH3 is 2. The van der Waals surface area contributed by atoms with Crippen molar-refractivity contribution in [1.29, 1.82) is 0 Å². The van der Waals surface area contributed by atoms with Crippen LogP contribution in [0.25, 0.3) is 10.9 Å². The Kier molecular flexibility index (Phi) is 5.13. The molecule has 156 valence electrons. The van der Waals surface area contributed by atoms with Crippen LogP contribution in [0.1, 0.15) is 18.1 Å². The number of rotatable bonds is 6. The topological polar surface area (TPSA) is 88.0 Å². The van der Waals surface area contributed by atoms with E-state index in [1.54, 1.807) is 19.2 Å². The predicted octanol–water partition coefficient (Wildman–Crippen LogP) is 3.24. The number of hydrogen-bond acceptors (Lipinski definition) is 6. The van der Waals surface area contributed by atoms with Gasteiger partial charge in [-0.1, -0.05) is 12.1 Å². The van der Waals surface area contributed by atoms with Crippen molar-refractivity contribution in [2.45, 2.75) is 20.1 Å². The predicted molar refractivity (Wildman–Crippen MR) is 110 cm³/mol. The third-order valence-electron chi connectivity index (χ3n) is 5.09. The zero-order valence-electron chi connectivity index (χ0n) is 16.8. The molecule has 1 N–H and O–H groups in total. The first kappa shape index (κ1) is 19.8. The van der Waals surface area contributed by atoms with Crippen molar-refractivity contribution < 1.29 is 23.8 Å². The zero-order chi connectivity index (χ0) is 21.4. The number of halogens is 1. The van der Waals surface area contributed by atoms with Crippen LogP contribution in [-0.4, -0.2) is 41.9 Å². The Bertz CT molecular complexity index is 1120. The fraction of sp³-hybridized carbons (Fsp3) is 0.286. The van der Waals surface area contributed by atoms with Crippen LogP contribution in [0.2, 0.25) is 0 Å². The van der Waals surface area contributed by atoms with Crippen molar-refractivity contribution in [2.75, 3.05) is 30.6 Å². The number of hydrogen-bond donors (Lipinski definition) is 1. The summed E-state index contributed by atoms with van der Waals surface area (Å²) in [5, 5.41) is 10.1. The first-order valence-corrected chi connectivity index (χ1v) is 9.42. The fourth-order valence-corrected chi connectivity index (χ4v) is 3.60.